The third-order valence-corrected chi connectivity index (χ3v) is 5.43. The fourth-order valence-electron chi connectivity index (χ4n) is 3.79. The first-order chi connectivity index (χ1) is 19.2. The van der Waals surface area contributed by atoms with Crippen LogP contribution in [0.5, 0.6) is 23.0 Å². The lowest BCUT2D eigenvalue weighted by molar-refractivity contribution is -0.156. The van der Waals surface area contributed by atoms with Crippen molar-refractivity contribution in [2.24, 2.45) is 0 Å². The van der Waals surface area contributed by atoms with E-state index in [1.165, 1.54) is 7.11 Å². The molecule has 0 unspecified atom stereocenters. The summed E-state index contributed by atoms with van der Waals surface area (Å²) in [6, 6.07) is 7.59. The summed E-state index contributed by atoms with van der Waals surface area (Å²) in [6.45, 7) is 10.3. The van der Waals surface area contributed by atoms with Crippen LogP contribution in [-0.4, -0.2) is 56.2 Å². The number of fused-ring (bicyclic) bond motifs is 1. The van der Waals surface area contributed by atoms with Crippen LogP contribution in [0, 0.1) is 0 Å². The Bertz CT molecular complexity index is 1280. The van der Waals surface area contributed by atoms with Crippen LogP contribution in [0.25, 0.3) is 12.2 Å². The van der Waals surface area contributed by atoms with Gasteiger partial charge in [0.15, 0.2) is 11.5 Å². The van der Waals surface area contributed by atoms with E-state index in [0.29, 0.717) is 28.7 Å². The maximum Gasteiger partial charge on any atom is 0.408 e. The predicted molar refractivity (Wildman–Crippen MR) is 153 cm³/mol. The molecule has 2 N–H and O–H groups in total. The Morgan fingerprint density at radius 1 is 0.878 bits per heavy atom. The van der Waals surface area contributed by atoms with Crippen molar-refractivity contribution in [3.8, 4) is 23.0 Å². The number of carbonyl (C=O) groups is 3. The molecule has 0 bridgehead atoms. The van der Waals surface area contributed by atoms with E-state index < -0.39 is 41.6 Å². The highest BCUT2D eigenvalue weighted by molar-refractivity contribution is 6.00. The zero-order valence-corrected chi connectivity index (χ0v) is 24.7. The van der Waals surface area contributed by atoms with Gasteiger partial charge in [0.1, 0.15) is 23.0 Å². The van der Waals surface area contributed by atoms with E-state index >= 15 is 0 Å². The van der Waals surface area contributed by atoms with Gasteiger partial charge in [0, 0.05) is 0 Å². The van der Waals surface area contributed by atoms with Crippen molar-refractivity contribution < 1.29 is 42.8 Å². The highest BCUT2D eigenvalue weighted by atomic mass is 16.7. The molecule has 0 aliphatic carbocycles. The molecule has 0 fully saturated rings. The zero-order valence-electron chi connectivity index (χ0n) is 24.7. The van der Waals surface area contributed by atoms with Gasteiger partial charge in [0.2, 0.25) is 18.4 Å². The molecule has 2 aromatic carbocycles. The molecule has 2 amide bonds. The quantitative estimate of drug-likeness (QED) is 0.310. The normalized spacial score (nSPS) is 13.4. The number of ether oxygens (including phenoxy) is 6. The number of hydrogen-bond acceptors (Lipinski definition) is 9. The van der Waals surface area contributed by atoms with Gasteiger partial charge in [-0.25, -0.2) is 4.79 Å². The van der Waals surface area contributed by atoms with Gasteiger partial charge in [0.25, 0.3) is 0 Å². The number of nitrogens with one attached hydrogen (secondary N) is 2. The third-order valence-electron chi connectivity index (χ3n) is 5.43. The summed E-state index contributed by atoms with van der Waals surface area (Å²) in [5.74, 6) is 0.766. The molecule has 1 heterocycles. The summed E-state index contributed by atoms with van der Waals surface area (Å²) in [5.41, 5.74) is 0.315. The topological polar surface area (TPSA) is 131 Å². The highest BCUT2D eigenvalue weighted by Gasteiger charge is 2.29. The van der Waals surface area contributed by atoms with E-state index in [1.807, 2.05) is 30.4 Å². The van der Waals surface area contributed by atoms with Crippen LogP contribution >= 0.6 is 0 Å². The Kier molecular flexibility index (Phi) is 9.75. The number of benzene rings is 2. The van der Waals surface area contributed by atoms with Gasteiger partial charge in [-0.3, -0.25) is 9.59 Å². The van der Waals surface area contributed by atoms with Crippen LogP contribution in [0.1, 0.15) is 59.1 Å². The lowest BCUT2D eigenvalue weighted by Crippen LogP contribution is -2.47. The standard InChI is InChI=1S/C30H38N2O9/c1-29(2,3)40-25(33)16-21(32-28(35)41-30(4,5)6)27(34)31-20-13-18(11-12-22(20)36-7)9-10-19-14-23(37-8)26-24(15-19)38-17-39-26/h9-15,21H,16-17H2,1-8H3,(H,31,34)(H,32,35)/b10-9-/t21-/m0/s1. The summed E-state index contributed by atoms with van der Waals surface area (Å²) in [6.07, 6.45) is 2.44. The van der Waals surface area contributed by atoms with Crippen LogP contribution in [-0.2, 0) is 19.1 Å². The van der Waals surface area contributed by atoms with Crippen LogP contribution in [0.3, 0.4) is 0 Å². The van der Waals surface area contributed by atoms with Gasteiger partial charge in [-0.1, -0.05) is 18.2 Å². The third kappa shape index (κ3) is 9.33. The van der Waals surface area contributed by atoms with Gasteiger partial charge in [-0.15, -0.1) is 0 Å². The number of anilines is 1. The molecule has 0 saturated carbocycles. The van der Waals surface area contributed by atoms with Crippen molar-refractivity contribution in [1.82, 2.24) is 5.32 Å². The Hall–Kier alpha value is -4.41. The molecular weight excluding hydrogens is 532 g/mol. The Labute approximate surface area is 240 Å². The second kappa shape index (κ2) is 12.8. The number of rotatable bonds is 9. The van der Waals surface area contributed by atoms with Crippen molar-refractivity contribution in [2.45, 2.75) is 65.2 Å². The smallest absolute Gasteiger partial charge is 0.408 e. The van der Waals surface area contributed by atoms with E-state index in [1.54, 1.807) is 60.8 Å². The second-order valence-electron chi connectivity index (χ2n) is 11.2. The number of hydrogen-bond donors (Lipinski definition) is 2. The summed E-state index contributed by atoms with van der Waals surface area (Å²) < 4.78 is 32.4. The van der Waals surface area contributed by atoms with Gasteiger partial charge < -0.3 is 39.1 Å². The van der Waals surface area contributed by atoms with E-state index in [0.717, 1.165) is 11.1 Å². The van der Waals surface area contributed by atoms with Crippen LogP contribution in [0.2, 0.25) is 0 Å². The molecule has 1 aliphatic heterocycles. The molecule has 222 valence electrons. The lowest BCUT2D eigenvalue weighted by atomic mass is 10.1. The fourth-order valence-corrected chi connectivity index (χ4v) is 3.79. The van der Waals surface area contributed by atoms with Crippen LogP contribution in [0.15, 0.2) is 30.3 Å². The lowest BCUT2D eigenvalue weighted by Gasteiger charge is -2.25. The minimum Gasteiger partial charge on any atom is -0.495 e. The first-order valence-corrected chi connectivity index (χ1v) is 13.0. The molecule has 0 radical (unpaired) electrons. The van der Waals surface area contributed by atoms with Gasteiger partial charge in [0.05, 0.1) is 26.3 Å². The minimum atomic E-state index is -1.27. The van der Waals surface area contributed by atoms with Crippen LogP contribution < -0.4 is 29.6 Å². The fraction of sp³-hybridized carbons (Fsp3) is 0.433. The molecule has 41 heavy (non-hydrogen) atoms. The summed E-state index contributed by atoms with van der Waals surface area (Å²) >= 11 is 0. The number of alkyl carbamates (subject to hydrolysis) is 1. The van der Waals surface area contributed by atoms with Crippen LogP contribution in [0.4, 0.5) is 10.5 Å². The molecule has 1 atom stereocenters. The Morgan fingerprint density at radius 2 is 1.54 bits per heavy atom. The highest BCUT2D eigenvalue weighted by Crippen LogP contribution is 2.42. The second-order valence-corrected chi connectivity index (χ2v) is 11.2. The molecule has 11 nitrogen and oxygen atoms in total. The summed E-state index contributed by atoms with van der Waals surface area (Å²) in [7, 11) is 3.02. The zero-order chi connectivity index (χ0) is 30.4. The first-order valence-electron chi connectivity index (χ1n) is 13.0. The number of esters is 1. The van der Waals surface area contributed by atoms with Crippen molar-refractivity contribution in [3.05, 3.63) is 41.5 Å². The SMILES string of the molecule is COc1ccc(/C=C\c2cc(OC)c3c(c2)OCO3)cc1NC(=O)[C@H](CC(=O)OC(C)(C)C)NC(=O)OC(C)(C)C. The maximum atomic E-state index is 13.4. The molecule has 0 aromatic heterocycles. The summed E-state index contributed by atoms with van der Waals surface area (Å²) in [5, 5.41) is 5.23. The molecule has 0 saturated heterocycles. The van der Waals surface area contributed by atoms with Crippen molar-refractivity contribution in [3.63, 3.8) is 0 Å². The largest absolute Gasteiger partial charge is 0.495 e. The molecule has 2 aromatic rings. The van der Waals surface area contributed by atoms with Crippen molar-refractivity contribution in [2.75, 3.05) is 26.3 Å². The van der Waals surface area contributed by atoms with E-state index in [-0.39, 0.29) is 6.79 Å². The average Bonchev–Trinajstić information content (AvgIpc) is 3.33. The van der Waals surface area contributed by atoms with Crippen molar-refractivity contribution in [1.29, 1.82) is 0 Å². The molecular formula is C30H38N2O9. The van der Waals surface area contributed by atoms with Crippen molar-refractivity contribution >= 4 is 35.8 Å². The molecule has 0 spiro atoms. The van der Waals surface area contributed by atoms with E-state index in [9.17, 15) is 14.4 Å². The number of methoxy groups -OCH3 is 2. The predicted octanol–water partition coefficient (Wildman–Crippen LogP) is 5.17. The van der Waals surface area contributed by atoms with E-state index in [4.69, 9.17) is 28.4 Å². The van der Waals surface area contributed by atoms with Gasteiger partial charge in [-0.2, -0.15) is 0 Å². The minimum absolute atomic E-state index is 0.123. The Balaban J connectivity index is 1.83. The number of amides is 2. The molecule has 1 aliphatic rings. The van der Waals surface area contributed by atoms with Gasteiger partial charge >= 0.3 is 12.1 Å². The maximum absolute atomic E-state index is 13.4. The first kappa shape index (κ1) is 31.1. The average molecular weight is 571 g/mol. The molecule has 3 rings (SSSR count). The van der Waals surface area contributed by atoms with Gasteiger partial charge in [-0.05, 0) is 76.9 Å². The molecule has 11 heteroatoms. The van der Waals surface area contributed by atoms with E-state index in [2.05, 4.69) is 10.6 Å². The monoisotopic (exact) mass is 570 g/mol. The summed E-state index contributed by atoms with van der Waals surface area (Å²) in [4.78, 5) is 38.4. The number of carbonyl (C=O) groups excluding carboxylic acids is 3. The Morgan fingerprint density at radius 3 is 2.17 bits per heavy atom.